The number of aromatic nitrogens is 1. The quantitative estimate of drug-likeness (QED) is 0.761. The molecule has 1 aromatic carbocycles. The van der Waals surface area contributed by atoms with Gasteiger partial charge < -0.3 is 16.0 Å². The average molecular weight is 301 g/mol. The van der Waals surface area contributed by atoms with Crippen molar-refractivity contribution < 1.29 is 9.59 Å². The van der Waals surface area contributed by atoms with E-state index < -0.39 is 11.9 Å². The molecule has 0 bridgehead atoms. The second kappa shape index (κ2) is 6.64. The van der Waals surface area contributed by atoms with Crippen molar-refractivity contribution in [3.8, 4) is 0 Å². The van der Waals surface area contributed by atoms with Gasteiger partial charge in [0.05, 0.1) is 0 Å². The molecule has 0 radical (unpaired) electrons. The lowest BCUT2D eigenvalue weighted by Crippen LogP contribution is -2.49. The number of nitrogens with two attached hydrogens (primary N) is 1. The van der Waals surface area contributed by atoms with Crippen LogP contribution in [0.1, 0.15) is 26.3 Å². The molecule has 0 aliphatic rings. The summed E-state index contributed by atoms with van der Waals surface area (Å²) in [7, 11) is 0. The summed E-state index contributed by atoms with van der Waals surface area (Å²) in [5, 5.41) is 3.88. The molecule has 2 rings (SSSR count). The number of hydrogen-bond acceptors (Lipinski definition) is 2. The summed E-state index contributed by atoms with van der Waals surface area (Å²) in [6.45, 7) is 5.58. The molecule has 0 aliphatic heterocycles. The van der Waals surface area contributed by atoms with Gasteiger partial charge in [-0.1, -0.05) is 39.0 Å². The van der Waals surface area contributed by atoms with Crippen LogP contribution in [-0.4, -0.2) is 22.8 Å². The highest BCUT2D eigenvalue weighted by Crippen LogP contribution is 2.20. The normalized spacial score (nSPS) is 14.0. The number of carbonyl (C=O) groups is 2. The van der Waals surface area contributed by atoms with Crippen LogP contribution in [0.25, 0.3) is 10.9 Å². The van der Waals surface area contributed by atoms with Crippen LogP contribution in [0.4, 0.5) is 0 Å². The van der Waals surface area contributed by atoms with Gasteiger partial charge in [0.25, 0.3) is 0 Å². The maximum absolute atomic E-state index is 12.3. The fraction of sp³-hybridized carbons (Fsp3) is 0.412. The number of aromatic amines is 1. The number of hydrogen-bond donors (Lipinski definition) is 3. The van der Waals surface area contributed by atoms with Crippen LogP contribution in [0.5, 0.6) is 0 Å². The van der Waals surface area contributed by atoms with Crippen molar-refractivity contribution >= 4 is 22.7 Å². The molecule has 1 heterocycles. The van der Waals surface area contributed by atoms with E-state index in [1.54, 1.807) is 0 Å². The highest BCUT2D eigenvalue weighted by molar-refractivity contribution is 5.88. The van der Waals surface area contributed by atoms with Gasteiger partial charge in [0.15, 0.2) is 0 Å². The van der Waals surface area contributed by atoms with E-state index in [0.29, 0.717) is 6.42 Å². The van der Waals surface area contributed by atoms with Crippen molar-refractivity contribution in [2.45, 2.75) is 33.2 Å². The Bertz CT molecular complexity index is 675. The Morgan fingerprint density at radius 2 is 1.91 bits per heavy atom. The van der Waals surface area contributed by atoms with E-state index in [1.807, 2.05) is 51.2 Å². The fourth-order valence-electron chi connectivity index (χ4n) is 2.58. The predicted octanol–water partition coefficient (Wildman–Crippen LogP) is 1.97. The Kier molecular flexibility index (Phi) is 4.85. The number of amides is 2. The van der Waals surface area contributed by atoms with Crippen molar-refractivity contribution in [1.29, 1.82) is 0 Å². The van der Waals surface area contributed by atoms with E-state index in [0.717, 1.165) is 16.5 Å². The van der Waals surface area contributed by atoms with Gasteiger partial charge >= 0.3 is 0 Å². The Labute approximate surface area is 130 Å². The van der Waals surface area contributed by atoms with Crippen LogP contribution in [-0.2, 0) is 16.0 Å². The van der Waals surface area contributed by atoms with Crippen LogP contribution in [0, 0.1) is 11.8 Å². The molecule has 0 unspecified atom stereocenters. The molecule has 118 valence electrons. The van der Waals surface area contributed by atoms with Crippen LogP contribution in [0.3, 0.4) is 0 Å². The van der Waals surface area contributed by atoms with Gasteiger partial charge in [-0.2, -0.15) is 0 Å². The third-order valence-corrected chi connectivity index (χ3v) is 3.92. The minimum atomic E-state index is -0.627. The molecule has 0 spiro atoms. The number of rotatable bonds is 6. The van der Waals surface area contributed by atoms with Crippen LogP contribution in [0.2, 0.25) is 0 Å². The van der Waals surface area contributed by atoms with Gasteiger partial charge in [-0.05, 0) is 24.0 Å². The summed E-state index contributed by atoms with van der Waals surface area (Å²) >= 11 is 0. The van der Waals surface area contributed by atoms with E-state index in [2.05, 4.69) is 10.3 Å². The maximum Gasteiger partial charge on any atom is 0.240 e. The molecule has 5 heteroatoms. The predicted molar refractivity (Wildman–Crippen MR) is 87.1 cm³/mol. The average Bonchev–Trinajstić information content (AvgIpc) is 2.87. The van der Waals surface area contributed by atoms with Gasteiger partial charge in [-0.25, -0.2) is 0 Å². The van der Waals surface area contributed by atoms with E-state index in [4.69, 9.17) is 5.73 Å². The van der Waals surface area contributed by atoms with E-state index >= 15 is 0 Å². The summed E-state index contributed by atoms with van der Waals surface area (Å²) in [5.41, 5.74) is 7.49. The van der Waals surface area contributed by atoms with Crippen molar-refractivity contribution in [3.05, 3.63) is 36.0 Å². The Balaban J connectivity index is 2.06. The molecular weight excluding hydrogens is 278 g/mol. The zero-order valence-corrected chi connectivity index (χ0v) is 13.2. The Hall–Kier alpha value is -2.30. The van der Waals surface area contributed by atoms with Gasteiger partial charge in [0, 0.05) is 23.0 Å². The van der Waals surface area contributed by atoms with E-state index in [1.165, 1.54) is 0 Å². The molecule has 1 aromatic heterocycles. The second-order valence-corrected chi connectivity index (χ2v) is 6.10. The molecule has 0 aliphatic carbocycles. The van der Waals surface area contributed by atoms with E-state index in [9.17, 15) is 9.59 Å². The fourth-order valence-corrected chi connectivity index (χ4v) is 2.58. The minimum Gasteiger partial charge on any atom is -0.368 e. The lowest BCUT2D eigenvalue weighted by atomic mass is 9.98. The molecule has 2 aromatic rings. The third-order valence-electron chi connectivity index (χ3n) is 3.92. The van der Waals surface area contributed by atoms with E-state index in [-0.39, 0.29) is 17.7 Å². The Morgan fingerprint density at radius 1 is 1.23 bits per heavy atom. The SMILES string of the molecule is CC(C)[C@H](NC(=O)[C@@H](C)Cc1c[nH]c2ccccc12)C(N)=O. The first kappa shape index (κ1) is 16.1. The Morgan fingerprint density at radius 3 is 2.55 bits per heavy atom. The molecule has 22 heavy (non-hydrogen) atoms. The number of nitrogens with one attached hydrogen (secondary N) is 2. The van der Waals surface area contributed by atoms with Crippen molar-refractivity contribution in [2.24, 2.45) is 17.6 Å². The zero-order valence-electron chi connectivity index (χ0n) is 13.2. The van der Waals surface area contributed by atoms with Crippen LogP contribution < -0.4 is 11.1 Å². The number of fused-ring (bicyclic) bond motifs is 1. The molecule has 0 saturated carbocycles. The zero-order chi connectivity index (χ0) is 16.3. The molecular formula is C17H23N3O2. The first-order chi connectivity index (χ1) is 10.4. The molecule has 0 fully saturated rings. The number of carbonyl (C=O) groups excluding carboxylic acids is 2. The third kappa shape index (κ3) is 3.47. The van der Waals surface area contributed by atoms with Crippen molar-refractivity contribution in [2.75, 3.05) is 0 Å². The van der Waals surface area contributed by atoms with Gasteiger partial charge in [-0.15, -0.1) is 0 Å². The lowest BCUT2D eigenvalue weighted by molar-refractivity contribution is -0.130. The van der Waals surface area contributed by atoms with Crippen molar-refractivity contribution in [1.82, 2.24) is 10.3 Å². The maximum atomic E-state index is 12.3. The number of primary amides is 1. The molecule has 0 saturated heterocycles. The molecule has 2 amide bonds. The van der Waals surface area contributed by atoms with Crippen LogP contribution in [0.15, 0.2) is 30.5 Å². The lowest BCUT2D eigenvalue weighted by Gasteiger charge is -2.21. The molecule has 5 nitrogen and oxygen atoms in total. The highest BCUT2D eigenvalue weighted by atomic mass is 16.2. The largest absolute Gasteiger partial charge is 0.368 e. The second-order valence-electron chi connectivity index (χ2n) is 6.10. The first-order valence-corrected chi connectivity index (χ1v) is 7.54. The summed E-state index contributed by atoms with van der Waals surface area (Å²) in [4.78, 5) is 26.9. The number of benzene rings is 1. The summed E-state index contributed by atoms with van der Waals surface area (Å²) in [6, 6.07) is 7.36. The minimum absolute atomic E-state index is 0.0262. The number of para-hydroxylation sites is 1. The van der Waals surface area contributed by atoms with Crippen molar-refractivity contribution in [3.63, 3.8) is 0 Å². The van der Waals surface area contributed by atoms with Crippen LogP contribution >= 0.6 is 0 Å². The smallest absolute Gasteiger partial charge is 0.240 e. The topological polar surface area (TPSA) is 88.0 Å². The molecule has 4 N–H and O–H groups in total. The number of H-pyrrole nitrogens is 1. The summed E-state index contributed by atoms with van der Waals surface area (Å²) in [5.74, 6) is -0.910. The summed E-state index contributed by atoms with van der Waals surface area (Å²) in [6.07, 6.45) is 2.54. The monoisotopic (exact) mass is 301 g/mol. The van der Waals surface area contributed by atoms with Gasteiger partial charge in [0.1, 0.15) is 6.04 Å². The van der Waals surface area contributed by atoms with Gasteiger partial charge in [-0.3, -0.25) is 9.59 Å². The standard InChI is InChI=1S/C17H23N3O2/c1-10(2)15(16(18)21)20-17(22)11(3)8-12-9-19-14-7-5-4-6-13(12)14/h4-7,9-11,15,19H,8H2,1-3H3,(H2,18,21)(H,20,22)/t11-,15-/m0/s1. The summed E-state index contributed by atoms with van der Waals surface area (Å²) < 4.78 is 0. The molecule has 2 atom stereocenters. The first-order valence-electron chi connectivity index (χ1n) is 7.54. The highest BCUT2D eigenvalue weighted by Gasteiger charge is 2.24. The van der Waals surface area contributed by atoms with Gasteiger partial charge in [0.2, 0.25) is 11.8 Å².